The van der Waals surface area contributed by atoms with Gasteiger partial charge in [0.2, 0.25) is 5.91 Å². The largest absolute Gasteiger partial charge is 0.355 e. The Balaban J connectivity index is 1.94. The van der Waals surface area contributed by atoms with Gasteiger partial charge in [0.25, 0.3) is 0 Å². The molecule has 1 unspecified atom stereocenters. The summed E-state index contributed by atoms with van der Waals surface area (Å²) in [6.07, 6.45) is 1.63. The van der Waals surface area contributed by atoms with Gasteiger partial charge in [-0.15, -0.1) is 0 Å². The lowest BCUT2D eigenvalue weighted by Crippen LogP contribution is -2.48. The average Bonchev–Trinajstić information content (AvgIpc) is 2.53. The van der Waals surface area contributed by atoms with E-state index in [4.69, 9.17) is 5.73 Å². The maximum absolute atomic E-state index is 12.4. The number of piperidine rings is 1. The number of nitrogens with zero attached hydrogens (tertiary/aromatic N) is 1. The van der Waals surface area contributed by atoms with Gasteiger partial charge in [0.05, 0.1) is 5.92 Å². The van der Waals surface area contributed by atoms with Gasteiger partial charge < -0.3 is 16.0 Å². The Kier molecular flexibility index (Phi) is 5.29. The molecule has 3 amide bonds. The first kappa shape index (κ1) is 17.3. The van der Waals surface area contributed by atoms with E-state index in [9.17, 15) is 9.59 Å². The van der Waals surface area contributed by atoms with Crippen LogP contribution < -0.4 is 11.1 Å². The van der Waals surface area contributed by atoms with Crippen molar-refractivity contribution in [3.05, 3.63) is 35.4 Å². The van der Waals surface area contributed by atoms with E-state index in [2.05, 4.69) is 44.3 Å². The Bertz CT molecular complexity index is 583. The fraction of sp³-hybridized carbons (Fsp3) is 0.556. The highest BCUT2D eigenvalue weighted by molar-refractivity contribution is 5.80. The van der Waals surface area contributed by atoms with Gasteiger partial charge >= 0.3 is 6.03 Å². The van der Waals surface area contributed by atoms with Crippen molar-refractivity contribution in [1.29, 1.82) is 0 Å². The number of nitrogens with one attached hydrogen (secondary N) is 1. The van der Waals surface area contributed by atoms with Crippen LogP contribution in [0, 0.1) is 12.8 Å². The monoisotopic (exact) mass is 317 g/mol. The third kappa shape index (κ3) is 4.47. The van der Waals surface area contributed by atoms with Crippen LogP contribution in [0.1, 0.15) is 37.8 Å². The third-order valence-corrected chi connectivity index (χ3v) is 4.61. The lowest BCUT2D eigenvalue weighted by Gasteiger charge is -2.32. The van der Waals surface area contributed by atoms with E-state index in [0.717, 1.165) is 12.8 Å². The molecule has 1 aromatic carbocycles. The minimum absolute atomic E-state index is 0.0108. The Morgan fingerprint density at radius 3 is 2.78 bits per heavy atom. The summed E-state index contributed by atoms with van der Waals surface area (Å²) in [6, 6.07) is 7.91. The SMILES string of the molecule is Cc1cccc(C(C)(C)CNC(=O)C2CCCN(C(N)=O)C2)c1. The van der Waals surface area contributed by atoms with Crippen molar-refractivity contribution in [2.75, 3.05) is 19.6 Å². The summed E-state index contributed by atoms with van der Waals surface area (Å²) in [5.74, 6) is -0.152. The molecule has 2 rings (SSSR count). The van der Waals surface area contributed by atoms with Crippen molar-refractivity contribution in [2.45, 2.75) is 39.0 Å². The standard InChI is InChI=1S/C18H27N3O2/c1-13-6-4-8-15(10-13)18(2,3)12-20-16(22)14-7-5-9-21(11-14)17(19)23/h4,6,8,10,14H,5,7,9,11-12H2,1-3H3,(H2,19,23)(H,20,22). The highest BCUT2D eigenvalue weighted by Gasteiger charge is 2.29. The Morgan fingerprint density at radius 1 is 1.39 bits per heavy atom. The van der Waals surface area contributed by atoms with Crippen LogP contribution in [-0.2, 0) is 10.2 Å². The highest BCUT2D eigenvalue weighted by Crippen LogP contribution is 2.23. The molecule has 0 aliphatic carbocycles. The molecule has 1 aromatic rings. The molecule has 0 spiro atoms. The summed E-state index contributed by atoms with van der Waals surface area (Å²) < 4.78 is 0. The first-order chi connectivity index (χ1) is 10.8. The van der Waals surface area contributed by atoms with Crippen LogP contribution in [0.5, 0.6) is 0 Å². The summed E-state index contributed by atoms with van der Waals surface area (Å²) in [5, 5.41) is 3.05. The van der Waals surface area contributed by atoms with E-state index in [-0.39, 0.29) is 17.2 Å². The first-order valence-corrected chi connectivity index (χ1v) is 8.19. The fourth-order valence-corrected chi connectivity index (χ4v) is 3.01. The van der Waals surface area contributed by atoms with Crippen molar-refractivity contribution >= 4 is 11.9 Å². The van der Waals surface area contributed by atoms with Crippen molar-refractivity contribution < 1.29 is 9.59 Å². The number of hydrogen-bond acceptors (Lipinski definition) is 2. The van der Waals surface area contributed by atoms with E-state index >= 15 is 0 Å². The van der Waals surface area contributed by atoms with E-state index in [1.54, 1.807) is 4.90 Å². The molecule has 3 N–H and O–H groups in total. The third-order valence-electron chi connectivity index (χ3n) is 4.61. The number of primary amides is 1. The zero-order valence-corrected chi connectivity index (χ0v) is 14.3. The number of urea groups is 1. The van der Waals surface area contributed by atoms with Crippen LogP contribution in [0.2, 0.25) is 0 Å². The molecule has 0 radical (unpaired) electrons. The smallest absolute Gasteiger partial charge is 0.314 e. The number of amides is 3. The van der Waals surface area contributed by atoms with Crippen LogP contribution in [0.25, 0.3) is 0 Å². The molecule has 0 aromatic heterocycles. The summed E-state index contributed by atoms with van der Waals surface area (Å²) in [6.45, 7) is 7.96. The molecule has 5 nitrogen and oxygen atoms in total. The molecule has 1 heterocycles. The molecule has 5 heteroatoms. The average molecular weight is 317 g/mol. The number of likely N-dealkylation sites (tertiary alicyclic amines) is 1. The maximum Gasteiger partial charge on any atom is 0.314 e. The van der Waals surface area contributed by atoms with Crippen LogP contribution >= 0.6 is 0 Å². The molecular formula is C18H27N3O2. The van der Waals surface area contributed by atoms with Crippen molar-refractivity contribution in [3.63, 3.8) is 0 Å². The van der Waals surface area contributed by atoms with E-state index in [1.807, 2.05) is 6.07 Å². The lowest BCUT2D eigenvalue weighted by atomic mass is 9.83. The minimum atomic E-state index is -0.442. The predicted molar refractivity (Wildman–Crippen MR) is 91.1 cm³/mol. The van der Waals surface area contributed by atoms with Crippen LogP contribution in [-0.4, -0.2) is 36.5 Å². The Morgan fingerprint density at radius 2 is 2.13 bits per heavy atom. The van der Waals surface area contributed by atoms with E-state index < -0.39 is 6.03 Å². The summed E-state index contributed by atoms with van der Waals surface area (Å²) >= 11 is 0. The van der Waals surface area contributed by atoms with Crippen molar-refractivity contribution in [1.82, 2.24) is 10.2 Å². The van der Waals surface area contributed by atoms with Crippen LogP contribution in [0.4, 0.5) is 4.79 Å². The maximum atomic E-state index is 12.4. The van der Waals surface area contributed by atoms with Gasteiger partial charge in [-0.05, 0) is 25.3 Å². The molecule has 23 heavy (non-hydrogen) atoms. The van der Waals surface area contributed by atoms with Gasteiger partial charge in [0.15, 0.2) is 0 Å². The molecular weight excluding hydrogens is 290 g/mol. The molecule has 1 aliphatic heterocycles. The second kappa shape index (κ2) is 7.02. The number of carbonyl (C=O) groups excluding carboxylic acids is 2. The number of rotatable bonds is 4. The molecule has 1 atom stereocenters. The lowest BCUT2D eigenvalue weighted by molar-refractivity contribution is -0.126. The highest BCUT2D eigenvalue weighted by atomic mass is 16.2. The zero-order valence-electron chi connectivity index (χ0n) is 14.3. The molecule has 1 fully saturated rings. The number of nitrogens with two attached hydrogens (primary N) is 1. The van der Waals surface area contributed by atoms with Crippen LogP contribution in [0.15, 0.2) is 24.3 Å². The van der Waals surface area contributed by atoms with Crippen molar-refractivity contribution in [2.24, 2.45) is 11.7 Å². The summed E-state index contributed by atoms with van der Waals surface area (Å²) in [4.78, 5) is 25.2. The molecule has 0 saturated carbocycles. The molecule has 1 saturated heterocycles. The Labute approximate surface area is 138 Å². The van der Waals surface area contributed by atoms with E-state index in [1.165, 1.54) is 11.1 Å². The quantitative estimate of drug-likeness (QED) is 0.893. The Hall–Kier alpha value is -2.04. The van der Waals surface area contributed by atoms with Crippen LogP contribution in [0.3, 0.4) is 0 Å². The number of hydrogen-bond donors (Lipinski definition) is 2. The van der Waals surface area contributed by atoms with E-state index in [0.29, 0.717) is 19.6 Å². The van der Waals surface area contributed by atoms with Gasteiger partial charge in [-0.3, -0.25) is 4.79 Å². The van der Waals surface area contributed by atoms with Gasteiger partial charge in [0, 0.05) is 25.0 Å². The minimum Gasteiger partial charge on any atom is -0.355 e. The number of aryl methyl sites for hydroxylation is 1. The fourth-order valence-electron chi connectivity index (χ4n) is 3.01. The van der Waals surface area contributed by atoms with Gasteiger partial charge in [-0.1, -0.05) is 43.7 Å². The van der Waals surface area contributed by atoms with Gasteiger partial charge in [-0.25, -0.2) is 4.79 Å². The normalized spacial score (nSPS) is 18.6. The summed E-state index contributed by atoms with van der Waals surface area (Å²) in [5.41, 5.74) is 7.60. The number of benzene rings is 1. The zero-order chi connectivity index (χ0) is 17.0. The number of carbonyl (C=O) groups is 2. The molecule has 0 bridgehead atoms. The molecule has 1 aliphatic rings. The second-order valence-electron chi connectivity index (χ2n) is 7.09. The molecule has 126 valence electrons. The topological polar surface area (TPSA) is 75.4 Å². The van der Waals surface area contributed by atoms with Gasteiger partial charge in [-0.2, -0.15) is 0 Å². The van der Waals surface area contributed by atoms with Crippen molar-refractivity contribution in [3.8, 4) is 0 Å². The summed E-state index contributed by atoms with van der Waals surface area (Å²) in [7, 11) is 0. The predicted octanol–water partition coefficient (Wildman–Crippen LogP) is 2.18. The second-order valence-corrected chi connectivity index (χ2v) is 7.09. The first-order valence-electron chi connectivity index (χ1n) is 8.19. The van der Waals surface area contributed by atoms with Gasteiger partial charge in [0.1, 0.15) is 0 Å².